The number of carbonyl (C=O) groups is 1. The van der Waals surface area contributed by atoms with Crippen molar-refractivity contribution < 1.29 is 4.79 Å². The van der Waals surface area contributed by atoms with Gasteiger partial charge in [0.2, 0.25) is 0 Å². The van der Waals surface area contributed by atoms with Crippen molar-refractivity contribution in [3.8, 4) is 6.07 Å². The minimum Gasteiger partial charge on any atom is -0.397 e. The highest BCUT2D eigenvalue weighted by molar-refractivity contribution is 7.17. The number of aldehydes is 1. The zero-order valence-corrected chi connectivity index (χ0v) is 7.97. The highest BCUT2D eigenvalue weighted by atomic mass is 32.1. The van der Waals surface area contributed by atoms with Gasteiger partial charge in [-0.15, -0.1) is 11.3 Å². The molecule has 14 heavy (non-hydrogen) atoms. The lowest BCUT2D eigenvalue weighted by Gasteiger charge is -2.01. The molecule has 68 valence electrons. The highest BCUT2D eigenvalue weighted by Gasteiger charge is 2.10. The van der Waals surface area contributed by atoms with Gasteiger partial charge in [-0.1, -0.05) is 0 Å². The van der Waals surface area contributed by atoms with Crippen LogP contribution in [0.15, 0.2) is 17.5 Å². The summed E-state index contributed by atoms with van der Waals surface area (Å²) < 4.78 is 0.934. The molecule has 0 spiro atoms. The van der Waals surface area contributed by atoms with Crippen LogP contribution in [0.3, 0.4) is 0 Å². The molecule has 0 fully saturated rings. The molecule has 2 N–H and O–H groups in total. The number of thiophene rings is 1. The smallest absolute Gasteiger partial charge is 0.151 e. The van der Waals surface area contributed by atoms with Gasteiger partial charge < -0.3 is 5.73 Å². The summed E-state index contributed by atoms with van der Waals surface area (Å²) in [7, 11) is 0. The van der Waals surface area contributed by atoms with Crippen LogP contribution in [-0.4, -0.2) is 6.29 Å². The molecule has 0 saturated carbocycles. The molecule has 0 unspecified atom stereocenters. The number of nitrogen functional groups attached to an aromatic ring is 1. The summed E-state index contributed by atoms with van der Waals surface area (Å²) in [6, 6.07) is 5.49. The van der Waals surface area contributed by atoms with Gasteiger partial charge in [-0.3, -0.25) is 4.79 Å². The Morgan fingerprint density at radius 1 is 1.57 bits per heavy atom. The summed E-state index contributed by atoms with van der Waals surface area (Å²) in [5.74, 6) is 0. The van der Waals surface area contributed by atoms with Gasteiger partial charge in [-0.2, -0.15) is 5.26 Å². The molecule has 2 rings (SSSR count). The summed E-state index contributed by atoms with van der Waals surface area (Å²) >= 11 is 1.50. The fourth-order valence-electron chi connectivity index (χ4n) is 1.38. The summed E-state index contributed by atoms with van der Waals surface area (Å²) in [5, 5.41) is 11.6. The molecule has 0 aliphatic heterocycles. The van der Waals surface area contributed by atoms with Crippen LogP contribution in [0.2, 0.25) is 0 Å². The van der Waals surface area contributed by atoms with E-state index in [0.29, 0.717) is 17.5 Å². The molecular formula is C10H6N2OS. The number of nitrogens with two attached hydrogens (primary N) is 1. The second-order valence-electron chi connectivity index (χ2n) is 2.82. The number of hydrogen-bond donors (Lipinski definition) is 1. The van der Waals surface area contributed by atoms with Crippen molar-refractivity contribution in [3.05, 3.63) is 28.6 Å². The van der Waals surface area contributed by atoms with Crippen LogP contribution in [0, 0.1) is 11.3 Å². The lowest BCUT2D eigenvalue weighted by Crippen LogP contribution is -1.95. The first-order valence-electron chi connectivity index (χ1n) is 3.93. The van der Waals surface area contributed by atoms with Crippen LogP contribution in [0.1, 0.15) is 15.9 Å². The van der Waals surface area contributed by atoms with Crippen LogP contribution in [0.25, 0.3) is 10.1 Å². The van der Waals surface area contributed by atoms with Crippen LogP contribution in [-0.2, 0) is 0 Å². The van der Waals surface area contributed by atoms with Crippen molar-refractivity contribution in [2.24, 2.45) is 0 Å². The first kappa shape index (κ1) is 8.73. The molecule has 3 nitrogen and oxygen atoms in total. The average molecular weight is 202 g/mol. The van der Waals surface area contributed by atoms with E-state index in [9.17, 15) is 4.79 Å². The van der Waals surface area contributed by atoms with Gasteiger partial charge in [-0.25, -0.2) is 0 Å². The first-order valence-corrected chi connectivity index (χ1v) is 4.81. The predicted molar refractivity (Wildman–Crippen MR) is 56.3 cm³/mol. The maximum atomic E-state index is 10.7. The number of rotatable bonds is 1. The van der Waals surface area contributed by atoms with E-state index in [4.69, 9.17) is 11.0 Å². The molecule has 0 amide bonds. The number of fused-ring (bicyclic) bond motifs is 1. The van der Waals surface area contributed by atoms with Crippen LogP contribution >= 0.6 is 11.3 Å². The molecule has 0 radical (unpaired) electrons. The molecule has 1 aromatic heterocycles. The Morgan fingerprint density at radius 3 is 3.00 bits per heavy atom. The van der Waals surface area contributed by atoms with E-state index in [1.54, 1.807) is 6.07 Å². The zero-order chi connectivity index (χ0) is 10.1. The number of carbonyl (C=O) groups excluding carboxylic acids is 1. The van der Waals surface area contributed by atoms with Crippen molar-refractivity contribution in [3.63, 3.8) is 0 Å². The second kappa shape index (κ2) is 3.13. The van der Waals surface area contributed by atoms with Gasteiger partial charge in [0.1, 0.15) is 6.07 Å². The Balaban J connectivity index is 2.94. The van der Waals surface area contributed by atoms with E-state index < -0.39 is 0 Å². The summed E-state index contributed by atoms with van der Waals surface area (Å²) in [4.78, 5) is 10.7. The van der Waals surface area contributed by atoms with Gasteiger partial charge in [-0.05, 0) is 17.5 Å². The van der Waals surface area contributed by atoms with E-state index in [1.165, 1.54) is 11.3 Å². The Hall–Kier alpha value is -1.86. The van der Waals surface area contributed by atoms with E-state index >= 15 is 0 Å². The molecule has 0 aliphatic carbocycles. The molecule has 4 heteroatoms. The van der Waals surface area contributed by atoms with Crippen molar-refractivity contribution in [1.82, 2.24) is 0 Å². The second-order valence-corrected chi connectivity index (χ2v) is 3.76. The SMILES string of the molecule is N#Cc1c(C=O)cc2sccc2c1N. The molecule has 0 aliphatic rings. The van der Waals surface area contributed by atoms with Crippen LogP contribution < -0.4 is 5.73 Å². The lowest BCUT2D eigenvalue weighted by atomic mass is 10.0. The van der Waals surface area contributed by atoms with E-state index in [0.717, 1.165) is 10.1 Å². The number of hydrogen-bond acceptors (Lipinski definition) is 4. The zero-order valence-electron chi connectivity index (χ0n) is 7.15. The Kier molecular flexibility index (Phi) is 1.95. The lowest BCUT2D eigenvalue weighted by molar-refractivity contribution is 0.112. The van der Waals surface area contributed by atoms with Gasteiger partial charge in [0.15, 0.2) is 6.29 Å². The highest BCUT2D eigenvalue weighted by Crippen LogP contribution is 2.30. The van der Waals surface area contributed by atoms with E-state index in [-0.39, 0.29) is 5.56 Å². The van der Waals surface area contributed by atoms with Gasteiger partial charge in [0.25, 0.3) is 0 Å². The maximum Gasteiger partial charge on any atom is 0.151 e. The quantitative estimate of drug-likeness (QED) is 0.569. The van der Waals surface area contributed by atoms with Gasteiger partial charge in [0, 0.05) is 15.6 Å². The van der Waals surface area contributed by atoms with Crippen LogP contribution in [0.5, 0.6) is 0 Å². The van der Waals surface area contributed by atoms with E-state index in [1.807, 2.05) is 17.5 Å². The minimum atomic E-state index is 0.269. The topological polar surface area (TPSA) is 66.9 Å². The van der Waals surface area contributed by atoms with Gasteiger partial charge >= 0.3 is 0 Å². The number of nitrogens with zero attached hydrogens (tertiary/aromatic N) is 1. The molecule has 1 heterocycles. The number of nitriles is 1. The first-order chi connectivity index (χ1) is 6.77. The summed E-state index contributed by atoms with van der Waals surface area (Å²) in [6.07, 6.45) is 0.661. The largest absolute Gasteiger partial charge is 0.397 e. The Morgan fingerprint density at radius 2 is 2.36 bits per heavy atom. The monoisotopic (exact) mass is 202 g/mol. The van der Waals surface area contributed by atoms with E-state index in [2.05, 4.69) is 0 Å². The molecule has 2 aromatic rings. The predicted octanol–water partition coefficient (Wildman–Crippen LogP) is 2.17. The fourth-order valence-corrected chi connectivity index (χ4v) is 2.23. The minimum absolute atomic E-state index is 0.269. The third-order valence-electron chi connectivity index (χ3n) is 2.07. The fraction of sp³-hybridized carbons (Fsp3) is 0. The average Bonchev–Trinajstić information content (AvgIpc) is 2.65. The Bertz CT molecular complexity index is 551. The molecule has 0 bridgehead atoms. The summed E-state index contributed by atoms with van der Waals surface area (Å²) in [6.45, 7) is 0. The van der Waals surface area contributed by atoms with Crippen molar-refractivity contribution in [1.29, 1.82) is 5.26 Å². The third-order valence-corrected chi connectivity index (χ3v) is 2.93. The maximum absolute atomic E-state index is 10.7. The number of anilines is 1. The van der Waals surface area contributed by atoms with Crippen molar-refractivity contribution >= 4 is 33.4 Å². The molecular weight excluding hydrogens is 196 g/mol. The standard InChI is InChI=1S/C10H6N2OS/c11-4-8-6(5-13)3-9-7(10(8)12)1-2-14-9/h1-3,5H,12H2. The van der Waals surface area contributed by atoms with Gasteiger partial charge in [0.05, 0.1) is 11.3 Å². The number of benzene rings is 1. The van der Waals surface area contributed by atoms with Crippen molar-refractivity contribution in [2.75, 3.05) is 5.73 Å². The molecule has 0 saturated heterocycles. The third kappa shape index (κ3) is 1.07. The van der Waals surface area contributed by atoms with Crippen molar-refractivity contribution in [2.45, 2.75) is 0 Å². The molecule has 1 aromatic carbocycles. The normalized spacial score (nSPS) is 9.93. The van der Waals surface area contributed by atoms with Crippen LogP contribution in [0.4, 0.5) is 5.69 Å². The molecule has 0 atom stereocenters. The summed E-state index contributed by atoms with van der Waals surface area (Å²) in [5.41, 5.74) is 6.80. The Labute approximate surface area is 84.4 Å².